The van der Waals surface area contributed by atoms with E-state index in [4.69, 9.17) is 0 Å². The van der Waals surface area contributed by atoms with Crippen LogP contribution >= 0.6 is 45.3 Å². The van der Waals surface area contributed by atoms with Crippen molar-refractivity contribution in [1.29, 1.82) is 0 Å². The van der Waals surface area contributed by atoms with Crippen LogP contribution in [0.4, 0.5) is 35.1 Å². The molecule has 18 heteroatoms. The number of benzene rings is 4. The predicted molar refractivity (Wildman–Crippen MR) is 172 cm³/mol. The van der Waals surface area contributed by atoms with Crippen LogP contribution in [-0.2, 0) is 0 Å². The molecule has 0 unspecified atom stereocenters. The Balaban J connectivity index is 1.08. The molecule has 8 aromatic rings. The Hall–Kier alpha value is -5.04. The number of nitrogens with zero attached hydrogens (tertiary/aromatic N) is 4. The molecule has 6 nitrogen and oxygen atoms in total. The number of rotatable bonds is 6. The van der Waals surface area contributed by atoms with Gasteiger partial charge in [0.05, 0.1) is 41.3 Å². The summed E-state index contributed by atoms with van der Waals surface area (Å²) in [6.07, 6.45) is 2.23. The second kappa shape index (κ2) is 11.8. The lowest BCUT2D eigenvalue weighted by molar-refractivity contribution is 0.102. The van der Waals surface area contributed by atoms with Gasteiger partial charge in [-0.15, -0.1) is 45.3 Å². The maximum absolute atomic E-state index is 14.2. The van der Waals surface area contributed by atoms with Crippen molar-refractivity contribution in [3.05, 3.63) is 116 Å². The van der Waals surface area contributed by atoms with Gasteiger partial charge in [0.25, 0.3) is 0 Å². The normalized spacial score (nSPS) is 11.8. The first kappa shape index (κ1) is 32.2. The van der Waals surface area contributed by atoms with Gasteiger partial charge in [0.2, 0.25) is 11.6 Å². The minimum absolute atomic E-state index is 0.141. The quantitative estimate of drug-likeness (QED) is 0.0726. The van der Waals surface area contributed by atoms with E-state index >= 15 is 0 Å². The molecule has 0 aliphatic heterocycles. The average molecular weight is 761 g/mol. The lowest BCUT2D eigenvalue weighted by atomic mass is 10.1. The van der Waals surface area contributed by atoms with Crippen LogP contribution in [0.25, 0.3) is 51.2 Å². The second-order valence-corrected chi connectivity index (χ2v) is 14.6. The summed E-state index contributed by atoms with van der Waals surface area (Å²) < 4.78 is 111. The molecule has 0 aliphatic rings. The zero-order valence-corrected chi connectivity index (χ0v) is 27.1. The minimum atomic E-state index is -2.09. The van der Waals surface area contributed by atoms with Gasteiger partial charge in [-0.05, 0) is 47.2 Å². The van der Waals surface area contributed by atoms with Crippen molar-refractivity contribution in [2.45, 2.75) is 0 Å². The molecule has 4 aromatic carbocycles. The summed E-state index contributed by atoms with van der Waals surface area (Å²) in [6.45, 7) is 0. The van der Waals surface area contributed by atoms with E-state index in [0.717, 1.165) is 55.2 Å². The molecular formula is C32H8F8N4O2S4. The molecule has 0 atom stereocenters. The number of halogens is 8. The summed E-state index contributed by atoms with van der Waals surface area (Å²) in [5.74, 6) is -17.4. The van der Waals surface area contributed by atoms with Crippen LogP contribution in [0.1, 0.15) is 30.5 Å². The molecule has 50 heavy (non-hydrogen) atoms. The molecule has 4 aromatic heterocycles. The molecule has 248 valence electrons. The number of hydrogen-bond donors (Lipinski definition) is 0. The minimum Gasteiger partial charge on any atom is -0.288 e. The van der Waals surface area contributed by atoms with E-state index in [-0.39, 0.29) is 19.8 Å². The lowest BCUT2D eigenvalue weighted by Crippen LogP contribution is -2.08. The topological polar surface area (TPSA) is 85.7 Å². The Kier molecular flexibility index (Phi) is 7.59. The van der Waals surface area contributed by atoms with Crippen molar-refractivity contribution in [1.82, 2.24) is 19.9 Å². The van der Waals surface area contributed by atoms with Crippen LogP contribution in [0.2, 0.25) is 0 Å². The highest BCUT2D eigenvalue weighted by atomic mass is 32.1. The number of aromatic nitrogens is 4. The summed E-state index contributed by atoms with van der Waals surface area (Å²) in [4.78, 5) is 42.8. The molecule has 0 saturated carbocycles. The van der Waals surface area contributed by atoms with Gasteiger partial charge in [-0.2, -0.15) is 0 Å². The van der Waals surface area contributed by atoms with Crippen LogP contribution in [0.3, 0.4) is 0 Å². The summed E-state index contributed by atoms with van der Waals surface area (Å²) in [5.41, 5.74) is -0.771. The molecular weight excluding hydrogens is 753 g/mol. The first-order valence-corrected chi connectivity index (χ1v) is 17.0. The predicted octanol–water partition coefficient (Wildman–Crippen LogP) is 9.88. The van der Waals surface area contributed by atoms with Crippen molar-refractivity contribution in [2.24, 2.45) is 0 Å². The van der Waals surface area contributed by atoms with Gasteiger partial charge in [-0.1, -0.05) is 0 Å². The zero-order valence-electron chi connectivity index (χ0n) is 23.9. The standard InChI is InChI=1S/C32H8F8N4O2S4/c33-13-5-11(21(35)25(39)23(13)37)27(45)19-7-41-29(49-19)31-43-15-1-9-3-18-16(2-10(9)4-17(15)47-31)44-32(48-18)30-42-8-20(50-30)28(46)12-6-14(34)24(38)26(40)22(12)36/h1-8H. The Morgan fingerprint density at radius 1 is 0.460 bits per heavy atom. The number of ketones is 2. The van der Waals surface area contributed by atoms with Crippen molar-refractivity contribution in [2.75, 3.05) is 0 Å². The monoisotopic (exact) mass is 760 g/mol. The number of carbonyl (C=O) groups is 2. The van der Waals surface area contributed by atoms with Crippen LogP contribution in [0.5, 0.6) is 0 Å². The Labute approximate surface area is 288 Å². The molecule has 0 spiro atoms. The Morgan fingerprint density at radius 2 is 0.860 bits per heavy atom. The fraction of sp³-hybridized carbons (Fsp3) is 0. The third kappa shape index (κ3) is 5.17. The molecule has 0 fully saturated rings. The van der Waals surface area contributed by atoms with E-state index in [2.05, 4.69) is 19.9 Å². The highest BCUT2D eigenvalue weighted by Gasteiger charge is 2.27. The summed E-state index contributed by atoms with van der Waals surface area (Å²) >= 11 is 4.12. The van der Waals surface area contributed by atoms with Crippen molar-refractivity contribution in [3.63, 3.8) is 0 Å². The fourth-order valence-corrected chi connectivity index (χ4v) is 8.76. The highest BCUT2D eigenvalue weighted by molar-refractivity contribution is 7.26. The number of fused-ring (bicyclic) bond motifs is 3. The van der Waals surface area contributed by atoms with Gasteiger partial charge < -0.3 is 0 Å². The Bertz CT molecular complexity index is 2520. The smallest absolute Gasteiger partial charge is 0.207 e. The number of thiazole rings is 4. The number of hydrogen-bond acceptors (Lipinski definition) is 10. The van der Waals surface area contributed by atoms with Crippen LogP contribution in [-0.4, -0.2) is 31.5 Å². The third-order valence-corrected chi connectivity index (χ3v) is 11.7. The maximum Gasteiger partial charge on any atom is 0.207 e. The molecule has 0 saturated heterocycles. The maximum atomic E-state index is 14.2. The van der Waals surface area contributed by atoms with E-state index in [9.17, 15) is 44.7 Å². The van der Waals surface area contributed by atoms with Crippen LogP contribution in [0.15, 0.2) is 48.8 Å². The van der Waals surface area contributed by atoms with E-state index < -0.39 is 69.2 Å². The van der Waals surface area contributed by atoms with E-state index in [1.54, 1.807) is 0 Å². The van der Waals surface area contributed by atoms with E-state index in [1.807, 2.05) is 24.3 Å². The van der Waals surface area contributed by atoms with Crippen molar-refractivity contribution in [3.8, 4) is 20.0 Å². The summed E-state index contributed by atoms with van der Waals surface area (Å²) in [7, 11) is 0. The van der Waals surface area contributed by atoms with Gasteiger partial charge in [-0.3, -0.25) is 9.59 Å². The van der Waals surface area contributed by atoms with Gasteiger partial charge in [0.1, 0.15) is 0 Å². The molecule has 0 radical (unpaired) electrons. The molecule has 0 aliphatic carbocycles. The lowest BCUT2D eigenvalue weighted by Gasteiger charge is -2.03. The molecule has 0 bridgehead atoms. The first-order chi connectivity index (χ1) is 23.9. The first-order valence-electron chi connectivity index (χ1n) is 13.7. The average Bonchev–Trinajstić information content (AvgIpc) is 3.92. The molecule has 0 amide bonds. The molecule has 8 rings (SSSR count). The van der Waals surface area contributed by atoms with Crippen LogP contribution < -0.4 is 0 Å². The second-order valence-electron chi connectivity index (χ2n) is 10.4. The summed E-state index contributed by atoms with van der Waals surface area (Å²) in [5, 5.41) is 2.97. The van der Waals surface area contributed by atoms with Gasteiger partial charge in [0, 0.05) is 12.4 Å². The zero-order chi connectivity index (χ0) is 35.2. The van der Waals surface area contributed by atoms with Gasteiger partial charge >= 0.3 is 0 Å². The van der Waals surface area contributed by atoms with E-state index in [0.29, 0.717) is 33.2 Å². The molecule has 0 N–H and O–H groups in total. The Morgan fingerprint density at radius 3 is 1.26 bits per heavy atom. The van der Waals surface area contributed by atoms with Gasteiger partial charge in [0.15, 0.2) is 66.6 Å². The number of carbonyl (C=O) groups excluding carboxylic acids is 2. The van der Waals surface area contributed by atoms with Crippen molar-refractivity contribution >= 4 is 88.1 Å². The highest BCUT2D eigenvalue weighted by Crippen LogP contribution is 2.39. The largest absolute Gasteiger partial charge is 0.288 e. The van der Waals surface area contributed by atoms with E-state index in [1.165, 1.54) is 22.7 Å². The third-order valence-electron chi connectivity index (χ3n) is 7.37. The fourth-order valence-electron chi connectivity index (χ4n) is 4.98. The van der Waals surface area contributed by atoms with Gasteiger partial charge in [-0.25, -0.2) is 55.1 Å². The van der Waals surface area contributed by atoms with Crippen LogP contribution in [0, 0.1) is 46.5 Å². The SMILES string of the molecule is O=C(c1cnc(-c2nc3cc4cc5sc(-c6ncc(C(=O)c7cc(F)c(F)c(F)c7F)s6)nc5cc4cc3s2)s1)c1cc(F)c(F)c(F)c1F. The van der Waals surface area contributed by atoms with Crippen molar-refractivity contribution < 1.29 is 44.7 Å². The summed E-state index contributed by atoms with van der Waals surface area (Å²) in [6, 6.07) is 7.94. The molecule has 4 heterocycles.